The van der Waals surface area contributed by atoms with Crippen molar-refractivity contribution in [2.45, 2.75) is 97.1 Å². The molecule has 0 saturated carbocycles. The predicted octanol–water partition coefficient (Wildman–Crippen LogP) is 3.80. The van der Waals surface area contributed by atoms with Gasteiger partial charge in [0.1, 0.15) is 12.4 Å². The summed E-state index contributed by atoms with van der Waals surface area (Å²) in [6, 6.07) is 2.74. The second-order valence-electron chi connectivity index (χ2n) is 12.8. The molecule has 222 valence electrons. The van der Waals surface area contributed by atoms with E-state index in [1.807, 2.05) is 0 Å². The summed E-state index contributed by atoms with van der Waals surface area (Å²) in [6.45, 7) is 10.4. The summed E-state index contributed by atoms with van der Waals surface area (Å²) in [7, 11) is 0. The highest BCUT2D eigenvalue weighted by Crippen LogP contribution is 2.46. The molecule has 0 saturated heterocycles. The normalized spacial score (nSPS) is 20.6. The minimum Gasteiger partial charge on any atom is -0.458 e. The number of fused-ring (bicyclic) bond motifs is 5. The fraction of sp³-hybridized carbons (Fsp3) is 0.500. The molecule has 0 spiro atoms. The standard InChI is InChI=1S/C32H37FN4O5/c1-6-32(41)20-12-24-28-18(14-37(24)29(39)19(20)15-42-30(32)40)27-22(35-25(38)8-7-11-34-31(3,4)5)10-9-17-16(2)21(33)13-23(36-28)26(17)27/h12-13,22,34,41H,6-11,14-15H2,1-5H3,(H,35,38)/t22-,32-/m0/s1. The van der Waals surface area contributed by atoms with E-state index in [1.54, 1.807) is 24.5 Å². The van der Waals surface area contributed by atoms with Crippen LogP contribution in [0.5, 0.6) is 0 Å². The monoisotopic (exact) mass is 576 g/mol. The van der Waals surface area contributed by atoms with Gasteiger partial charge in [0.15, 0.2) is 5.60 Å². The van der Waals surface area contributed by atoms with Gasteiger partial charge in [0.2, 0.25) is 5.91 Å². The topological polar surface area (TPSA) is 123 Å². The number of hydrogen-bond acceptors (Lipinski definition) is 7. The Morgan fingerprint density at radius 2 is 2.00 bits per heavy atom. The lowest BCUT2D eigenvalue weighted by Crippen LogP contribution is -2.44. The van der Waals surface area contributed by atoms with Crippen molar-refractivity contribution in [2.75, 3.05) is 6.54 Å². The first kappa shape index (κ1) is 28.5. The first-order valence-electron chi connectivity index (χ1n) is 14.7. The van der Waals surface area contributed by atoms with Crippen LogP contribution >= 0.6 is 0 Å². The van der Waals surface area contributed by atoms with E-state index < -0.39 is 11.6 Å². The number of nitrogens with zero attached hydrogens (tertiary/aromatic N) is 2. The first-order valence-corrected chi connectivity index (χ1v) is 14.7. The maximum atomic E-state index is 15.1. The first-order chi connectivity index (χ1) is 19.8. The van der Waals surface area contributed by atoms with Gasteiger partial charge in [-0.1, -0.05) is 6.92 Å². The van der Waals surface area contributed by atoms with Crippen molar-refractivity contribution in [2.24, 2.45) is 0 Å². The van der Waals surface area contributed by atoms with Crippen LogP contribution in [0.4, 0.5) is 4.39 Å². The third-order valence-electron chi connectivity index (χ3n) is 8.95. The van der Waals surface area contributed by atoms with Crippen LogP contribution < -0.4 is 16.2 Å². The molecule has 3 aliphatic rings. The molecule has 4 heterocycles. The molecule has 0 unspecified atom stereocenters. The Bertz CT molecular complexity index is 1720. The van der Waals surface area contributed by atoms with Gasteiger partial charge in [-0.15, -0.1) is 0 Å². The number of carbonyl (C=O) groups is 2. The Labute approximate surface area is 243 Å². The van der Waals surface area contributed by atoms with E-state index in [9.17, 15) is 19.5 Å². The summed E-state index contributed by atoms with van der Waals surface area (Å²) in [5, 5.41) is 18.7. The van der Waals surface area contributed by atoms with Gasteiger partial charge in [0.05, 0.1) is 35.1 Å². The van der Waals surface area contributed by atoms with Crippen LogP contribution in [0.1, 0.15) is 92.8 Å². The van der Waals surface area contributed by atoms with Crippen molar-refractivity contribution in [3.05, 3.63) is 61.7 Å². The van der Waals surface area contributed by atoms with E-state index in [4.69, 9.17) is 9.72 Å². The molecule has 2 atom stereocenters. The number of aryl methyl sites for hydroxylation is 1. The molecule has 2 aliphatic heterocycles. The maximum Gasteiger partial charge on any atom is 0.343 e. The minimum atomic E-state index is -1.94. The zero-order valence-corrected chi connectivity index (χ0v) is 24.7. The van der Waals surface area contributed by atoms with Gasteiger partial charge < -0.3 is 25.0 Å². The highest BCUT2D eigenvalue weighted by molar-refractivity contribution is 5.94. The van der Waals surface area contributed by atoms with Crippen LogP contribution in [0.15, 0.2) is 16.9 Å². The summed E-state index contributed by atoms with van der Waals surface area (Å²) in [6.07, 6.45) is 2.27. The molecule has 6 rings (SSSR count). The highest BCUT2D eigenvalue weighted by atomic mass is 19.1. The van der Waals surface area contributed by atoms with Gasteiger partial charge in [0, 0.05) is 34.5 Å². The van der Waals surface area contributed by atoms with Crippen molar-refractivity contribution in [1.29, 1.82) is 0 Å². The number of aromatic nitrogens is 2. The quantitative estimate of drug-likeness (QED) is 0.236. The second-order valence-corrected chi connectivity index (χ2v) is 12.8. The smallest absolute Gasteiger partial charge is 0.343 e. The van der Waals surface area contributed by atoms with Crippen molar-refractivity contribution < 1.29 is 23.8 Å². The maximum absolute atomic E-state index is 15.1. The number of carbonyl (C=O) groups excluding carboxylic acids is 2. The third-order valence-corrected chi connectivity index (χ3v) is 8.95. The molecular weight excluding hydrogens is 539 g/mol. The minimum absolute atomic E-state index is 0.0293. The number of benzene rings is 1. The fourth-order valence-corrected chi connectivity index (χ4v) is 6.68. The molecule has 42 heavy (non-hydrogen) atoms. The summed E-state index contributed by atoms with van der Waals surface area (Å²) in [5.74, 6) is -1.21. The largest absolute Gasteiger partial charge is 0.458 e. The van der Waals surface area contributed by atoms with Crippen molar-refractivity contribution >= 4 is 22.8 Å². The van der Waals surface area contributed by atoms with E-state index >= 15 is 4.39 Å². The number of aliphatic hydroxyl groups is 1. The third kappa shape index (κ3) is 4.43. The lowest BCUT2D eigenvalue weighted by molar-refractivity contribution is -0.172. The summed E-state index contributed by atoms with van der Waals surface area (Å²) in [5.41, 5.74) is 2.65. The van der Waals surface area contributed by atoms with E-state index in [-0.39, 0.29) is 59.6 Å². The van der Waals surface area contributed by atoms with Crippen molar-refractivity contribution in [3.63, 3.8) is 0 Å². The van der Waals surface area contributed by atoms with Gasteiger partial charge in [-0.25, -0.2) is 14.2 Å². The van der Waals surface area contributed by atoms with Gasteiger partial charge in [-0.05, 0) is 82.7 Å². The fourth-order valence-electron chi connectivity index (χ4n) is 6.68. The summed E-state index contributed by atoms with van der Waals surface area (Å²) < 4.78 is 21.9. The highest BCUT2D eigenvalue weighted by Gasteiger charge is 2.46. The van der Waals surface area contributed by atoms with Gasteiger partial charge in [-0.3, -0.25) is 9.59 Å². The Balaban J connectivity index is 1.46. The van der Waals surface area contributed by atoms with Crippen LogP contribution in [-0.4, -0.2) is 38.6 Å². The summed E-state index contributed by atoms with van der Waals surface area (Å²) >= 11 is 0. The lowest BCUT2D eigenvalue weighted by atomic mass is 9.81. The molecule has 3 aromatic rings. The number of halogens is 1. The lowest BCUT2D eigenvalue weighted by Gasteiger charge is -2.31. The molecule has 0 bridgehead atoms. The Hall–Kier alpha value is -3.63. The van der Waals surface area contributed by atoms with Gasteiger partial charge in [-0.2, -0.15) is 0 Å². The zero-order chi connectivity index (χ0) is 30.1. The Morgan fingerprint density at radius 3 is 2.71 bits per heavy atom. The number of pyridine rings is 2. The molecule has 0 fully saturated rings. The van der Waals surface area contributed by atoms with E-state index in [0.29, 0.717) is 48.2 Å². The average molecular weight is 577 g/mol. The molecule has 10 heteroatoms. The SMILES string of the molecule is CC[C@@]1(O)C(=O)OCc2c1cc1n(c2=O)Cc2c-1nc1cc(F)c(C)c3c1c2[C@@H](NC(=O)CCCNC(C)(C)C)CC3. The number of rotatable bonds is 6. The Morgan fingerprint density at radius 1 is 1.24 bits per heavy atom. The number of nitrogens with one attached hydrogen (secondary N) is 2. The Kier molecular flexibility index (Phi) is 6.77. The number of esters is 1. The second kappa shape index (κ2) is 9.98. The van der Waals surface area contributed by atoms with Crippen LogP contribution in [-0.2, 0) is 39.5 Å². The number of amides is 1. The van der Waals surface area contributed by atoms with Gasteiger partial charge >= 0.3 is 5.97 Å². The number of hydrogen-bond donors (Lipinski definition) is 3. The molecule has 1 aromatic carbocycles. The predicted molar refractivity (Wildman–Crippen MR) is 155 cm³/mol. The van der Waals surface area contributed by atoms with E-state index in [1.165, 1.54) is 6.07 Å². The van der Waals surface area contributed by atoms with E-state index in [2.05, 4.69) is 31.4 Å². The van der Waals surface area contributed by atoms with Crippen LogP contribution in [0, 0.1) is 12.7 Å². The van der Waals surface area contributed by atoms with Crippen molar-refractivity contribution in [1.82, 2.24) is 20.2 Å². The molecule has 1 amide bonds. The number of cyclic esters (lactones) is 1. The van der Waals surface area contributed by atoms with Crippen molar-refractivity contribution in [3.8, 4) is 11.4 Å². The molecule has 0 radical (unpaired) electrons. The van der Waals surface area contributed by atoms with Gasteiger partial charge in [0.25, 0.3) is 5.56 Å². The molecule has 1 aliphatic carbocycles. The molecule has 2 aromatic heterocycles. The molecule has 3 N–H and O–H groups in total. The van der Waals surface area contributed by atoms with Crippen LogP contribution in [0.3, 0.4) is 0 Å². The average Bonchev–Trinajstić information content (AvgIpc) is 3.30. The molecule has 9 nitrogen and oxygen atoms in total. The zero-order valence-electron chi connectivity index (χ0n) is 24.7. The van der Waals surface area contributed by atoms with Crippen LogP contribution in [0.2, 0.25) is 0 Å². The number of ether oxygens (including phenoxy) is 1. The molecular formula is C32H37FN4O5. The summed E-state index contributed by atoms with van der Waals surface area (Å²) in [4.78, 5) is 44.3. The van der Waals surface area contributed by atoms with Crippen LogP contribution in [0.25, 0.3) is 22.3 Å². The van der Waals surface area contributed by atoms with E-state index in [0.717, 1.165) is 28.6 Å².